The van der Waals surface area contributed by atoms with Crippen LogP contribution in [0.3, 0.4) is 0 Å². The first-order valence-electron chi connectivity index (χ1n) is 6.27. The second-order valence-corrected chi connectivity index (χ2v) is 5.38. The molecule has 0 bridgehead atoms. The summed E-state index contributed by atoms with van der Waals surface area (Å²) >= 11 is 3.39. The summed E-state index contributed by atoms with van der Waals surface area (Å²) < 4.78 is 0.739. The Labute approximate surface area is 120 Å². The van der Waals surface area contributed by atoms with Crippen LogP contribution in [0.5, 0.6) is 0 Å². The van der Waals surface area contributed by atoms with Gasteiger partial charge in [-0.2, -0.15) is 0 Å². The molecule has 96 valence electrons. The van der Waals surface area contributed by atoms with Gasteiger partial charge in [-0.15, -0.1) is 0 Å². The Morgan fingerprint density at radius 2 is 2.05 bits per heavy atom. The molecule has 0 atom stereocenters. The van der Waals surface area contributed by atoms with E-state index in [9.17, 15) is 4.79 Å². The van der Waals surface area contributed by atoms with Crippen molar-refractivity contribution >= 4 is 27.5 Å². The molecule has 0 radical (unpaired) electrons. The molecule has 1 aromatic heterocycles. The summed E-state index contributed by atoms with van der Waals surface area (Å²) in [5.74, 6) is -0.0420. The zero-order chi connectivity index (χ0) is 13.2. The van der Waals surface area contributed by atoms with Gasteiger partial charge in [0.2, 0.25) is 0 Å². The Morgan fingerprint density at radius 3 is 2.89 bits per heavy atom. The first-order chi connectivity index (χ1) is 9.27. The Bertz CT molecular complexity index is 627. The number of aromatic nitrogens is 1. The first kappa shape index (κ1) is 12.4. The number of carbonyl (C=O) groups is 1. The van der Waals surface area contributed by atoms with Gasteiger partial charge in [0.25, 0.3) is 5.91 Å². The molecule has 0 saturated carbocycles. The highest BCUT2D eigenvalue weighted by molar-refractivity contribution is 9.10. The number of halogens is 1. The predicted molar refractivity (Wildman–Crippen MR) is 78.4 cm³/mol. The van der Waals surface area contributed by atoms with Gasteiger partial charge in [0.05, 0.1) is 0 Å². The average Bonchev–Trinajstić information content (AvgIpc) is 2.46. The quantitative estimate of drug-likeness (QED) is 0.807. The second kappa shape index (κ2) is 5.13. The van der Waals surface area contributed by atoms with Gasteiger partial charge in [0, 0.05) is 22.9 Å². The molecule has 3 rings (SSSR count). The molecule has 1 amide bonds. The van der Waals surface area contributed by atoms with Gasteiger partial charge in [-0.3, -0.25) is 4.79 Å². The van der Waals surface area contributed by atoms with Gasteiger partial charge in [-0.25, -0.2) is 4.98 Å². The van der Waals surface area contributed by atoms with Crippen molar-refractivity contribution in [3.05, 3.63) is 58.3 Å². The summed E-state index contributed by atoms with van der Waals surface area (Å²) in [4.78, 5) is 18.6. The summed E-state index contributed by atoms with van der Waals surface area (Å²) in [6.45, 7) is 0.749. The lowest BCUT2D eigenvalue weighted by atomic mass is 10.0. The lowest BCUT2D eigenvalue weighted by Crippen LogP contribution is -2.36. The number of pyridine rings is 1. The minimum atomic E-state index is -0.0420. The van der Waals surface area contributed by atoms with Crippen LogP contribution in [0.2, 0.25) is 0 Å². The van der Waals surface area contributed by atoms with Gasteiger partial charge in [0.1, 0.15) is 5.69 Å². The number of anilines is 1. The Hall–Kier alpha value is -1.68. The highest BCUT2D eigenvalue weighted by atomic mass is 79.9. The molecule has 3 nitrogen and oxygen atoms in total. The summed E-state index contributed by atoms with van der Waals surface area (Å²) in [6.07, 6.45) is 3.67. The number of fused-ring (bicyclic) bond motifs is 1. The monoisotopic (exact) mass is 316 g/mol. The fourth-order valence-corrected chi connectivity index (χ4v) is 2.84. The van der Waals surface area contributed by atoms with Crippen molar-refractivity contribution in [3.63, 3.8) is 0 Å². The molecule has 1 aliphatic rings. The molecule has 0 aliphatic carbocycles. The van der Waals surface area contributed by atoms with Crippen LogP contribution in [0.4, 0.5) is 5.69 Å². The molecule has 2 heterocycles. The largest absolute Gasteiger partial charge is 0.307 e. The molecule has 4 heteroatoms. The third-order valence-corrected chi connectivity index (χ3v) is 3.96. The summed E-state index contributed by atoms with van der Waals surface area (Å²) in [5.41, 5.74) is 2.71. The number of hydrogen-bond acceptors (Lipinski definition) is 2. The number of rotatable bonds is 1. The lowest BCUT2D eigenvalue weighted by Gasteiger charge is -2.29. The Kier molecular flexibility index (Phi) is 3.34. The van der Waals surface area contributed by atoms with Crippen LogP contribution < -0.4 is 4.90 Å². The van der Waals surface area contributed by atoms with Gasteiger partial charge in [-0.1, -0.05) is 18.2 Å². The molecule has 0 spiro atoms. The van der Waals surface area contributed by atoms with E-state index in [0.29, 0.717) is 5.69 Å². The van der Waals surface area contributed by atoms with Gasteiger partial charge in [-0.05, 0) is 52.5 Å². The minimum Gasteiger partial charge on any atom is -0.307 e. The van der Waals surface area contributed by atoms with Gasteiger partial charge in [0.15, 0.2) is 0 Å². The molecule has 1 aromatic carbocycles. The van der Waals surface area contributed by atoms with E-state index in [2.05, 4.69) is 27.0 Å². The van der Waals surface area contributed by atoms with Crippen LogP contribution in [-0.2, 0) is 6.42 Å². The number of nitrogens with zero attached hydrogens (tertiary/aromatic N) is 2. The molecule has 0 N–H and O–H groups in total. The van der Waals surface area contributed by atoms with E-state index >= 15 is 0 Å². The molecular weight excluding hydrogens is 304 g/mol. The normalized spacial score (nSPS) is 14.1. The van der Waals surface area contributed by atoms with Crippen LogP contribution in [0.1, 0.15) is 22.5 Å². The van der Waals surface area contributed by atoms with Crippen molar-refractivity contribution < 1.29 is 4.79 Å². The third kappa shape index (κ3) is 2.28. The molecule has 19 heavy (non-hydrogen) atoms. The Morgan fingerprint density at radius 1 is 1.21 bits per heavy atom. The van der Waals surface area contributed by atoms with E-state index in [0.717, 1.165) is 29.5 Å². The number of amides is 1. The van der Waals surface area contributed by atoms with Crippen molar-refractivity contribution in [1.29, 1.82) is 0 Å². The van der Waals surface area contributed by atoms with E-state index in [1.807, 2.05) is 35.2 Å². The third-order valence-electron chi connectivity index (χ3n) is 3.32. The summed E-state index contributed by atoms with van der Waals surface area (Å²) in [5, 5.41) is 0. The molecule has 0 saturated heterocycles. The maximum Gasteiger partial charge on any atom is 0.278 e. The number of benzene rings is 1. The maximum atomic E-state index is 12.6. The number of hydrogen-bond donors (Lipinski definition) is 0. The molecular formula is C15H13BrN2O. The predicted octanol–water partition coefficient (Wildman–Crippen LogP) is 3.44. The van der Waals surface area contributed by atoms with E-state index in [1.165, 1.54) is 5.56 Å². The van der Waals surface area contributed by atoms with E-state index < -0.39 is 0 Å². The maximum absolute atomic E-state index is 12.6. The van der Waals surface area contributed by atoms with Crippen LogP contribution in [0.25, 0.3) is 0 Å². The van der Waals surface area contributed by atoms with Crippen LogP contribution in [-0.4, -0.2) is 17.4 Å². The van der Waals surface area contributed by atoms with Crippen molar-refractivity contribution in [1.82, 2.24) is 4.98 Å². The second-order valence-electron chi connectivity index (χ2n) is 4.52. The van der Waals surface area contributed by atoms with Gasteiger partial charge < -0.3 is 4.90 Å². The summed E-state index contributed by atoms with van der Waals surface area (Å²) in [7, 11) is 0. The smallest absolute Gasteiger partial charge is 0.278 e. The zero-order valence-electron chi connectivity index (χ0n) is 10.3. The minimum absolute atomic E-state index is 0.0420. The van der Waals surface area contributed by atoms with Crippen LogP contribution in [0.15, 0.2) is 47.1 Å². The van der Waals surface area contributed by atoms with Crippen molar-refractivity contribution in [3.8, 4) is 0 Å². The van der Waals surface area contributed by atoms with Crippen LogP contribution >= 0.6 is 15.9 Å². The molecule has 2 aromatic rings. The summed E-state index contributed by atoms with van der Waals surface area (Å²) in [6, 6.07) is 11.7. The highest BCUT2D eigenvalue weighted by Crippen LogP contribution is 2.28. The fraction of sp³-hybridized carbons (Fsp3) is 0.200. The van der Waals surface area contributed by atoms with E-state index in [1.54, 1.807) is 6.20 Å². The van der Waals surface area contributed by atoms with Crippen molar-refractivity contribution in [2.45, 2.75) is 12.8 Å². The van der Waals surface area contributed by atoms with E-state index in [-0.39, 0.29) is 5.91 Å². The van der Waals surface area contributed by atoms with Crippen LogP contribution in [0, 0.1) is 0 Å². The van der Waals surface area contributed by atoms with E-state index in [4.69, 9.17) is 0 Å². The van der Waals surface area contributed by atoms with Crippen molar-refractivity contribution in [2.24, 2.45) is 0 Å². The number of aryl methyl sites for hydroxylation is 1. The zero-order valence-corrected chi connectivity index (χ0v) is 11.9. The topological polar surface area (TPSA) is 33.2 Å². The Balaban J connectivity index is 2.00. The van der Waals surface area contributed by atoms with Gasteiger partial charge >= 0.3 is 0 Å². The molecule has 0 unspecified atom stereocenters. The average molecular weight is 317 g/mol. The molecule has 0 fully saturated rings. The van der Waals surface area contributed by atoms with Crippen molar-refractivity contribution in [2.75, 3.05) is 11.4 Å². The number of para-hydroxylation sites is 1. The fourth-order valence-electron chi connectivity index (χ4n) is 2.42. The highest BCUT2D eigenvalue weighted by Gasteiger charge is 2.25. The molecule has 1 aliphatic heterocycles. The SMILES string of the molecule is O=C(c1ncccc1Br)N1CCCc2ccccc21. The number of carbonyl (C=O) groups excluding carboxylic acids is 1. The first-order valence-corrected chi connectivity index (χ1v) is 7.07. The standard InChI is InChI=1S/C15H13BrN2O/c16-12-7-3-9-17-14(12)15(19)18-10-4-6-11-5-1-2-8-13(11)18/h1-3,5,7-9H,4,6,10H2. The lowest BCUT2D eigenvalue weighted by molar-refractivity contribution is 0.0979.